The predicted octanol–water partition coefficient (Wildman–Crippen LogP) is 2.46. The minimum absolute atomic E-state index is 0.135. The summed E-state index contributed by atoms with van der Waals surface area (Å²) in [5.41, 5.74) is 0.135. The van der Waals surface area contributed by atoms with Crippen molar-refractivity contribution in [3.63, 3.8) is 0 Å². The van der Waals surface area contributed by atoms with Crippen LogP contribution in [-0.2, 0) is 4.74 Å². The summed E-state index contributed by atoms with van der Waals surface area (Å²) in [6, 6.07) is 0. The monoisotopic (exact) mass is 314 g/mol. The maximum atomic E-state index is 11.7. The molecule has 20 heavy (non-hydrogen) atoms. The molecule has 0 amide bonds. The molecule has 2 heterocycles. The quantitative estimate of drug-likeness (QED) is 0.631. The average Bonchev–Trinajstić information content (AvgIpc) is 2.81. The van der Waals surface area contributed by atoms with Crippen LogP contribution >= 0.6 is 23.1 Å². The Labute approximate surface area is 126 Å². The molecule has 1 fully saturated rings. The van der Waals surface area contributed by atoms with Gasteiger partial charge in [-0.3, -0.25) is 4.79 Å². The van der Waals surface area contributed by atoms with Crippen molar-refractivity contribution in [2.45, 2.75) is 25.5 Å². The summed E-state index contributed by atoms with van der Waals surface area (Å²) in [5, 5.41) is 0.726. The summed E-state index contributed by atoms with van der Waals surface area (Å²) < 4.78 is 4.84. The third-order valence-electron chi connectivity index (χ3n) is 3.01. The number of methoxy groups -OCH3 is 1. The number of carbonyl (C=O) groups is 2. The molecule has 7 heteroatoms. The molecule has 1 aromatic heterocycles. The largest absolute Gasteiger partial charge is 0.464 e. The van der Waals surface area contributed by atoms with Crippen LogP contribution in [0.5, 0.6) is 0 Å². The molecule has 0 saturated carbocycles. The fourth-order valence-electron chi connectivity index (χ4n) is 2.10. The van der Waals surface area contributed by atoms with Crippen molar-refractivity contribution in [2.75, 3.05) is 30.9 Å². The van der Waals surface area contributed by atoms with Gasteiger partial charge in [-0.25, -0.2) is 9.78 Å². The van der Waals surface area contributed by atoms with Crippen molar-refractivity contribution >= 4 is 40.0 Å². The van der Waals surface area contributed by atoms with Crippen LogP contribution in [0.2, 0.25) is 0 Å². The van der Waals surface area contributed by atoms with Crippen molar-refractivity contribution < 1.29 is 14.3 Å². The van der Waals surface area contributed by atoms with E-state index in [1.807, 2.05) is 11.8 Å². The van der Waals surface area contributed by atoms with Gasteiger partial charge >= 0.3 is 5.97 Å². The molecular weight excluding hydrogens is 296 g/mol. The number of rotatable bonds is 3. The van der Waals surface area contributed by atoms with Crippen LogP contribution in [0.1, 0.15) is 40.9 Å². The van der Waals surface area contributed by atoms with E-state index in [1.54, 1.807) is 0 Å². The number of hydrogen-bond acceptors (Lipinski definition) is 7. The number of thioether (sulfide) groups is 1. The summed E-state index contributed by atoms with van der Waals surface area (Å²) in [5.74, 6) is 0.304. The van der Waals surface area contributed by atoms with Gasteiger partial charge in [-0.05, 0) is 13.8 Å². The first-order valence-corrected chi connectivity index (χ1v) is 8.13. The second kappa shape index (κ2) is 5.73. The van der Waals surface area contributed by atoms with Gasteiger partial charge in [0.15, 0.2) is 16.6 Å². The summed E-state index contributed by atoms with van der Waals surface area (Å²) in [6.45, 7) is 7.54. The minimum Gasteiger partial charge on any atom is -0.464 e. The van der Waals surface area contributed by atoms with Gasteiger partial charge in [0.2, 0.25) is 0 Å². The average molecular weight is 314 g/mol. The number of esters is 1. The number of Topliss-reactive ketones (excluding diaryl/α,β-unsaturated/α-hetero) is 1. The molecule has 5 nitrogen and oxygen atoms in total. The summed E-state index contributed by atoms with van der Waals surface area (Å²) in [6.07, 6.45) is 0. The zero-order valence-electron chi connectivity index (χ0n) is 12.1. The molecule has 110 valence electrons. The van der Waals surface area contributed by atoms with Crippen LogP contribution in [0.15, 0.2) is 0 Å². The van der Waals surface area contributed by atoms with E-state index in [2.05, 4.69) is 23.7 Å². The van der Waals surface area contributed by atoms with Crippen LogP contribution in [0.4, 0.5) is 5.13 Å². The second-order valence-electron chi connectivity index (χ2n) is 5.25. The maximum absolute atomic E-state index is 11.7. The number of nitrogens with zero attached hydrogens (tertiary/aromatic N) is 2. The van der Waals surface area contributed by atoms with Gasteiger partial charge in [0.1, 0.15) is 4.88 Å². The molecule has 1 aliphatic rings. The van der Waals surface area contributed by atoms with Crippen molar-refractivity contribution in [1.29, 1.82) is 0 Å². The van der Waals surface area contributed by atoms with Gasteiger partial charge < -0.3 is 9.64 Å². The van der Waals surface area contributed by atoms with E-state index in [4.69, 9.17) is 4.74 Å². The van der Waals surface area contributed by atoms with Gasteiger partial charge in [0.05, 0.1) is 7.11 Å². The second-order valence-corrected chi connectivity index (χ2v) is 8.03. The number of thiazole rings is 1. The molecule has 1 aromatic rings. The lowest BCUT2D eigenvalue weighted by atomic mass is 10.2. The Balaban J connectivity index is 2.33. The van der Waals surface area contributed by atoms with Gasteiger partial charge in [0.25, 0.3) is 0 Å². The fourth-order valence-corrected chi connectivity index (χ4v) is 4.18. The minimum atomic E-state index is -0.552. The molecule has 0 spiro atoms. The zero-order valence-corrected chi connectivity index (χ0v) is 13.7. The fraction of sp³-hybridized carbons (Fsp3) is 0.615. The first-order chi connectivity index (χ1) is 9.34. The summed E-state index contributed by atoms with van der Waals surface area (Å²) in [4.78, 5) is 30.2. The highest BCUT2D eigenvalue weighted by Gasteiger charge is 2.31. The molecule has 1 aliphatic heterocycles. The first-order valence-electron chi connectivity index (χ1n) is 6.33. The number of ketones is 1. The molecule has 0 atom stereocenters. The van der Waals surface area contributed by atoms with E-state index in [0.717, 1.165) is 24.0 Å². The van der Waals surface area contributed by atoms with Crippen LogP contribution in [-0.4, -0.2) is 47.4 Å². The van der Waals surface area contributed by atoms with E-state index >= 15 is 0 Å². The summed E-state index contributed by atoms with van der Waals surface area (Å²) >= 11 is 3.20. The van der Waals surface area contributed by atoms with Gasteiger partial charge in [-0.15, -0.1) is 0 Å². The number of carbonyl (C=O) groups excluding carboxylic acids is 2. The highest BCUT2D eigenvalue weighted by Crippen LogP contribution is 2.35. The van der Waals surface area contributed by atoms with Crippen molar-refractivity contribution in [3.8, 4) is 0 Å². The SMILES string of the molecule is COC(=O)c1nc(N2CCSC(C)(C)C2)sc1C(C)=O. The topological polar surface area (TPSA) is 59.5 Å². The Morgan fingerprint density at radius 1 is 1.40 bits per heavy atom. The molecule has 0 unspecified atom stereocenters. The molecule has 0 aromatic carbocycles. The van der Waals surface area contributed by atoms with Gasteiger partial charge in [0, 0.05) is 30.5 Å². The highest BCUT2D eigenvalue weighted by molar-refractivity contribution is 8.00. The van der Waals surface area contributed by atoms with Crippen molar-refractivity contribution in [3.05, 3.63) is 10.6 Å². The van der Waals surface area contributed by atoms with E-state index < -0.39 is 5.97 Å². The molecule has 0 N–H and O–H groups in total. The Morgan fingerprint density at radius 2 is 2.10 bits per heavy atom. The Morgan fingerprint density at radius 3 is 2.65 bits per heavy atom. The normalized spacial score (nSPS) is 17.9. The zero-order chi connectivity index (χ0) is 14.9. The molecule has 0 aliphatic carbocycles. The van der Waals surface area contributed by atoms with Crippen LogP contribution in [0.3, 0.4) is 0 Å². The van der Waals surface area contributed by atoms with E-state index in [0.29, 0.717) is 4.88 Å². The first kappa shape index (κ1) is 15.3. The van der Waals surface area contributed by atoms with E-state index in [1.165, 1.54) is 25.4 Å². The lowest BCUT2D eigenvalue weighted by molar-refractivity contribution is 0.0591. The Hall–Kier alpha value is -1.08. The third-order valence-corrected chi connectivity index (χ3v) is 5.52. The van der Waals surface area contributed by atoms with Crippen molar-refractivity contribution in [2.24, 2.45) is 0 Å². The molecule has 1 saturated heterocycles. The lowest BCUT2D eigenvalue weighted by Gasteiger charge is -2.37. The van der Waals surface area contributed by atoms with E-state index in [9.17, 15) is 9.59 Å². The maximum Gasteiger partial charge on any atom is 0.358 e. The van der Waals surface area contributed by atoms with E-state index in [-0.39, 0.29) is 16.2 Å². The Kier molecular flexibility index (Phi) is 4.39. The molecule has 0 radical (unpaired) electrons. The van der Waals surface area contributed by atoms with Gasteiger partial charge in [-0.1, -0.05) is 11.3 Å². The highest BCUT2D eigenvalue weighted by atomic mass is 32.2. The number of ether oxygens (including phenoxy) is 1. The third kappa shape index (κ3) is 3.15. The smallest absolute Gasteiger partial charge is 0.358 e. The van der Waals surface area contributed by atoms with Gasteiger partial charge in [-0.2, -0.15) is 11.8 Å². The Bertz CT molecular complexity index is 540. The van der Waals surface area contributed by atoms with Crippen LogP contribution in [0, 0.1) is 0 Å². The molecular formula is C13H18N2O3S2. The molecule has 2 rings (SSSR count). The van der Waals surface area contributed by atoms with Crippen LogP contribution < -0.4 is 4.90 Å². The number of anilines is 1. The standard InChI is InChI=1S/C13H18N2O3S2/c1-8(16)10-9(11(17)18-4)14-12(20-10)15-5-6-19-13(2,3)7-15/h5-7H2,1-4H3. The molecule has 0 bridgehead atoms. The lowest BCUT2D eigenvalue weighted by Crippen LogP contribution is -2.43. The summed E-state index contributed by atoms with van der Waals surface area (Å²) in [7, 11) is 1.30. The predicted molar refractivity (Wildman–Crippen MR) is 82.2 cm³/mol. The number of hydrogen-bond donors (Lipinski definition) is 0. The van der Waals surface area contributed by atoms with Crippen molar-refractivity contribution in [1.82, 2.24) is 4.98 Å². The number of aromatic nitrogens is 1. The van der Waals surface area contributed by atoms with Crippen LogP contribution in [0.25, 0.3) is 0 Å².